The van der Waals surface area contributed by atoms with Crippen molar-refractivity contribution in [3.63, 3.8) is 0 Å². The summed E-state index contributed by atoms with van der Waals surface area (Å²) >= 11 is 0. The molecule has 116 valence electrons. The first kappa shape index (κ1) is 14.6. The van der Waals surface area contributed by atoms with Crippen molar-refractivity contribution in [3.8, 4) is 0 Å². The lowest BCUT2D eigenvalue weighted by Gasteiger charge is -2.62. The van der Waals surface area contributed by atoms with Crippen molar-refractivity contribution in [2.24, 2.45) is 23.2 Å². The number of hydrogen-bond donors (Lipinski definition) is 0. The first-order chi connectivity index (χ1) is 9.84. The lowest BCUT2D eigenvalue weighted by Crippen LogP contribution is -2.60. The third-order valence-corrected chi connectivity index (χ3v) is 5.95. The number of ether oxygens (including phenoxy) is 2. The van der Waals surface area contributed by atoms with Crippen LogP contribution in [0.5, 0.6) is 0 Å². The van der Waals surface area contributed by atoms with Gasteiger partial charge in [-0.15, -0.1) is 0 Å². The predicted molar refractivity (Wildman–Crippen MR) is 77.3 cm³/mol. The maximum absolute atomic E-state index is 12.0. The fourth-order valence-electron chi connectivity index (χ4n) is 5.21. The van der Waals surface area contributed by atoms with E-state index in [4.69, 9.17) is 9.47 Å². The maximum atomic E-state index is 12.0. The Morgan fingerprint density at radius 1 is 1.19 bits per heavy atom. The van der Waals surface area contributed by atoms with Gasteiger partial charge in [0.1, 0.15) is 5.60 Å². The van der Waals surface area contributed by atoms with E-state index in [9.17, 15) is 9.59 Å². The Labute approximate surface area is 125 Å². The van der Waals surface area contributed by atoms with Gasteiger partial charge in [-0.2, -0.15) is 0 Å². The largest absolute Gasteiger partial charge is 0.456 e. The van der Waals surface area contributed by atoms with E-state index in [1.54, 1.807) is 0 Å². The molecular formula is C17H24O4. The summed E-state index contributed by atoms with van der Waals surface area (Å²) in [7, 11) is 0. The highest BCUT2D eigenvalue weighted by molar-refractivity contribution is 5.83. The van der Waals surface area contributed by atoms with E-state index in [1.165, 1.54) is 19.3 Å². The van der Waals surface area contributed by atoms with Crippen LogP contribution < -0.4 is 0 Å². The van der Waals surface area contributed by atoms with Gasteiger partial charge in [0.05, 0.1) is 0 Å². The molecule has 2 unspecified atom stereocenters. The molecule has 0 aromatic heterocycles. The Hall–Kier alpha value is -1.32. The molecule has 4 bridgehead atoms. The van der Waals surface area contributed by atoms with Crippen LogP contribution in [0.3, 0.4) is 0 Å². The summed E-state index contributed by atoms with van der Waals surface area (Å²) in [5.74, 6) is 0.679. The highest BCUT2D eigenvalue weighted by Crippen LogP contribution is 2.64. The van der Waals surface area contributed by atoms with E-state index in [-0.39, 0.29) is 12.2 Å². The third kappa shape index (κ3) is 2.49. The Bertz CT molecular complexity index is 465. The van der Waals surface area contributed by atoms with Crippen molar-refractivity contribution in [2.45, 2.75) is 51.6 Å². The third-order valence-electron chi connectivity index (χ3n) is 5.95. The fourth-order valence-corrected chi connectivity index (χ4v) is 5.21. The number of esters is 2. The molecule has 4 aliphatic rings. The van der Waals surface area contributed by atoms with E-state index in [2.05, 4.69) is 20.4 Å². The summed E-state index contributed by atoms with van der Waals surface area (Å²) < 4.78 is 10.6. The second kappa shape index (κ2) is 4.85. The highest BCUT2D eigenvalue weighted by atomic mass is 16.6. The molecule has 0 amide bonds. The van der Waals surface area contributed by atoms with Gasteiger partial charge in [-0.25, -0.2) is 9.59 Å². The van der Waals surface area contributed by atoms with Gasteiger partial charge in [-0.3, -0.25) is 0 Å². The molecule has 4 fully saturated rings. The van der Waals surface area contributed by atoms with Gasteiger partial charge >= 0.3 is 11.9 Å². The molecule has 0 saturated heterocycles. The van der Waals surface area contributed by atoms with Gasteiger partial charge in [0.15, 0.2) is 6.61 Å². The van der Waals surface area contributed by atoms with E-state index < -0.39 is 11.9 Å². The average Bonchev–Trinajstić information content (AvgIpc) is 2.40. The Morgan fingerprint density at radius 2 is 1.81 bits per heavy atom. The van der Waals surface area contributed by atoms with Crippen LogP contribution in [-0.2, 0) is 19.1 Å². The Balaban J connectivity index is 1.66. The van der Waals surface area contributed by atoms with Crippen LogP contribution in [-0.4, -0.2) is 24.1 Å². The molecule has 0 radical (unpaired) electrons. The summed E-state index contributed by atoms with van der Waals surface area (Å²) in [5.41, 5.74) is 0.0613. The van der Waals surface area contributed by atoms with Crippen molar-refractivity contribution in [2.75, 3.05) is 6.61 Å². The number of carbonyl (C=O) groups is 2. The second-order valence-electron chi connectivity index (χ2n) is 7.62. The summed E-state index contributed by atoms with van der Waals surface area (Å²) in [5, 5.41) is 0. The summed E-state index contributed by atoms with van der Waals surface area (Å²) in [4.78, 5) is 23.0. The zero-order valence-corrected chi connectivity index (χ0v) is 12.9. The molecular weight excluding hydrogens is 268 g/mol. The standard InChI is InChI=1S/C17H24O4/c1-4-14(18)20-10-15(19)21-17(3)12-5-11-6-13(17)9-16(2,7-11)8-12/h4,11-13H,1,5-10H2,2-3H3. The first-order valence-corrected chi connectivity index (χ1v) is 7.86. The molecule has 0 N–H and O–H groups in total. The van der Waals surface area contributed by atoms with Crippen molar-refractivity contribution in [1.29, 1.82) is 0 Å². The molecule has 2 atom stereocenters. The lowest BCUT2D eigenvalue weighted by molar-refractivity contribution is -0.219. The minimum atomic E-state index is -0.588. The van der Waals surface area contributed by atoms with E-state index in [0.717, 1.165) is 24.8 Å². The monoisotopic (exact) mass is 292 g/mol. The molecule has 4 rings (SSSR count). The molecule has 4 nitrogen and oxygen atoms in total. The first-order valence-electron chi connectivity index (χ1n) is 7.86. The van der Waals surface area contributed by atoms with Crippen LogP contribution in [0.1, 0.15) is 46.0 Å². The van der Waals surface area contributed by atoms with Gasteiger partial charge in [0.25, 0.3) is 0 Å². The fraction of sp³-hybridized carbons (Fsp3) is 0.765. The van der Waals surface area contributed by atoms with Crippen LogP contribution in [0.25, 0.3) is 0 Å². The quantitative estimate of drug-likeness (QED) is 0.590. The maximum Gasteiger partial charge on any atom is 0.344 e. The van der Waals surface area contributed by atoms with Crippen LogP contribution >= 0.6 is 0 Å². The molecule has 4 heteroatoms. The van der Waals surface area contributed by atoms with Crippen LogP contribution in [0.2, 0.25) is 0 Å². The second-order valence-corrected chi connectivity index (χ2v) is 7.62. The van der Waals surface area contributed by atoms with Crippen LogP contribution in [0.15, 0.2) is 12.7 Å². The van der Waals surface area contributed by atoms with Crippen molar-refractivity contribution in [1.82, 2.24) is 0 Å². The van der Waals surface area contributed by atoms with Gasteiger partial charge < -0.3 is 9.47 Å². The minimum Gasteiger partial charge on any atom is -0.456 e. The van der Waals surface area contributed by atoms with Crippen molar-refractivity contribution < 1.29 is 19.1 Å². The summed E-state index contributed by atoms with van der Waals surface area (Å²) in [6.07, 6.45) is 7.02. The zero-order valence-electron chi connectivity index (χ0n) is 12.9. The molecule has 0 spiro atoms. The molecule has 0 aliphatic heterocycles. The van der Waals surface area contributed by atoms with E-state index in [0.29, 0.717) is 17.3 Å². The SMILES string of the molecule is C=CC(=O)OCC(=O)OC1(C)C2CC3CC1CC(C)(C3)C2. The molecule has 0 aromatic carbocycles. The van der Waals surface area contributed by atoms with E-state index in [1.807, 2.05) is 0 Å². The van der Waals surface area contributed by atoms with Crippen LogP contribution in [0.4, 0.5) is 0 Å². The number of hydrogen-bond acceptors (Lipinski definition) is 4. The smallest absolute Gasteiger partial charge is 0.344 e. The molecule has 0 aromatic rings. The van der Waals surface area contributed by atoms with Gasteiger partial charge in [0, 0.05) is 6.08 Å². The normalized spacial score (nSPS) is 43.4. The van der Waals surface area contributed by atoms with Gasteiger partial charge in [-0.05, 0) is 62.2 Å². The zero-order chi connectivity index (χ0) is 15.3. The molecule has 4 aliphatic carbocycles. The topological polar surface area (TPSA) is 52.6 Å². The molecule has 21 heavy (non-hydrogen) atoms. The number of rotatable bonds is 4. The molecule has 4 saturated carbocycles. The summed E-state index contributed by atoms with van der Waals surface area (Å²) in [6, 6.07) is 0. The van der Waals surface area contributed by atoms with Crippen molar-refractivity contribution in [3.05, 3.63) is 12.7 Å². The van der Waals surface area contributed by atoms with Gasteiger partial charge in [-0.1, -0.05) is 13.5 Å². The summed E-state index contributed by atoms with van der Waals surface area (Å²) in [6.45, 7) is 7.45. The Morgan fingerprint density at radius 3 is 2.33 bits per heavy atom. The van der Waals surface area contributed by atoms with Gasteiger partial charge in [0.2, 0.25) is 0 Å². The Kier molecular flexibility index (Phi) is 3.38. The van der Waals surface area contributed by atoms with E-state index >= 15 is 0 Å². The molecule has 0 heterocycles. The van der Waals surface area contributed by atoms with Crippen LogP contribution in [0, 0.1) is 23.2 Å². The average molecular weight is 292 g/mol. The lowest BCUT2D eigenvalue weighted by atomic mass is 9.45. The number of carbonyl (C=O) groups excluding carboxylic acids is 2. The highest BCUT2D eigenvalue weighted by Gasteiger charge is 2.60. The van der Waals surface area contributed by atoms with Crippen molar-refractivity contribution >= 4 is 11.9 Å². The minimum absolute atomic E-state index is 0.319. The predicted octanol–water partition coefficient (Wildman–Crippen LogP) is 2.86.